The Morgan fingerprint density at radius 3 is 2.38 bits per heavy atom. The fourth-order valence-electron chi connectivity index (χ4n) is 2.39. The number of hydrogen-bond acceptors (Lipinski definition) is 7. The Morgan fingerprint density at radius 1 is 1.10 bits per heavy atom. The fraction of sp³-hybridized carbons (Fsp3) is 0.316. The Morgan fingerprint density at radius 2 is 1.79 bits per heavy atom. The first-order valence-corrected chi connectivity index (χ1v) is 8.79. The zero-order valence-corrected chi connectivity index (χ0v) is 16.1. The second-order valence-corrected chi connectivity index (χ2v) is 6.52. The second-order valence-electron chi connectivity index (χ2n) is 6.52. The van der Waals surface area contributed by atoms with E-state index in [1.165, 1.54) is 49.6 Å². The molecule has 1 aromatic heterocycles. The molecule has 0 aliphatic carbocycles. The Kier molecular flexibility index (Phi) is 7.07. The van der Waals surface area contributed by atoms with Gasteiger partial charge in [0.25, 0.3) is 17.5 Å². The van der Waals surface area contributed by atoms with Gasteiger partial charge in [-0.2, -0.15) is 0 Å². The summed E-state index contributed by atoms with van der Waals surface area (Å²) in [7, 11) is 0. The molecule has 10 heteroatoms. The lowest BCUT2D eigenvalue weighted by atomic mass is 10.0. The number of carbonyl (C=O) groups excluding carboxylic acids is 3. The van der Waals surface area contributed by atoms with Crippen molar-refractivity contribution < 1.29 is 28.5 Å². The van der Waals surface area contributed by atoms with Gasteiger partial charge in [-0.1, -0.05) is 26.0 Å². The standard InChI is InChI=1S/C19H21N3O7/c1-11(2)16(21-18(24)15-9-6-10-28-15)19(25)29-12(3)17(23)20-13-7-4-5-8-14(13)22(26)27/h4-12,16H,1-3H3,(H,20,23)(H,21,24)/t12-,16-/m0/s1. The summed E-state index contributed by atoms with van der Waals surface area (Å²) in [6.45, 7) is 4.73. The number of esters is 1. The molecular weight excluding hydrogens is 382 g/mol. The predicted octanol–water partition coefficient (Wildman–Crippen LogP) is 2.51. The number of nitrogens with one attached hydrogen (secondary N) is 2. The van der Waals surface area contributed by atoms with E-state index in [-0.39, 0.29) is 23.1 Å². The largest absolute Gasteiger partial charge is 0.459 e. The first-order valence-electron chi connectivity index (χ1n) is 8.79. The topological polar surface area (TPSA) is 141 Å². The summed E-state index contributed by atoms with van der Waals surface area (Å²) in [6, 6.07) is 7.56. The molecule has 0 radical (unpaired) electrons. The Balaban J connectivity index is 2.02. The van der Waals surface area contributed by atoms with Crippen LogP contribution in [-0.4, -0.2) is 34.9 Å². The Hall–Kier alpha value is -3.69. The predicted molar refractivity (Wildman–Crippen MR) is 102 cm³/mol. The van der Waals surface area contributed by atoms with Gasteiger partial charge in [-0.05, 0) is 31.0 Å². The van der Waals surface area contributed by atoms with Gasteiger partial charge in [0, 0.05) is 6.07 Å². The number of anilines is 1. The van der Waals surface area contributed by atoms with E-state index in [0.29, 0.717) is 0 Å². The van der Waals surface area contributed by atoms with E-state index in [4.69, 9.17) is 9.15 Å². The van der Waals surface area contributed by atoms with E-state index in [2.05, 4.69) is 10.6 Å². The number of para-hydroxylation sites is 2. The van der Waals surface area contributed by atoms with Crippen molar-refractivity contribution in [3.63, 3.8) is 0 Å². The average Bonchev–Trinajstić information content (AvgIpc) is 3.20. The fourth-order valence-corrected chi connectivity index (χ4v) is 2.39. The van der Waals surface area contributed by atoms with E-state index in [0.717, 1.165) is 0 Å². The molecule has 0 aliphatic heterocycles. The molecule has 2 N–H and O–H groups in total. The number of hydrogen-bond donors (Lipinski definition) is 2. The second kappa shape index (κ2) is 9.49. The van der Waals surface area contributed by atoms with Gasteiger partial charge in [0.1, 0.15) is 11.7 Å². The summed E-state index contributed by atoms with van der Waals surface area (Å²) in [6.07, 6.45) is 0.0800. The van der Waals surface area contributed by atoms with Crippen LogP contribution in [0, 0.1) is 16.0 Å². The average molecular weight is 403 g/mol. The van der Waals surface area contributed by atoms with Crippen molar-refractivity contribution in [3.05, 3.63) is 58.5 Å². The molecule has 0 aliphatic rings. The van der Waals surface area contributed by atoms with E-state index in [1.54, 1.807) is 13.8 Å². The maximum absolute atomic E-state index is 12.5. The summed E-state index contributed by atoms with van der Waals surface area (Å²) in [5, 5.41) is 15.9. The number of furan rings is 1. The lowest BCUT2D eigenvalue weighted by molar-refractivity contribution is -0.383. The molecular formula is C19H21N3O7. The van der Waals surface area contributed by atoms with Gasteiger partial charge in [-0.25, -0.2) is 4.79 Å². The number of nitrogens with zero attached hydrogens (tertiary/aromatic N) is 1. The van der Waals surface area contributed by atoms with Gasteiger partial charge in [0.05, 0.1) is 11.2 Å². The van der Waals surface area contributed by atoms with Crippen LogP contribution in [-0.2, 0) is 14.3 Å². The van der Waals surface area contributed by atoms with Crippen LogP contribution in [0.3, 0.4) is 0 Å². The molecule has 154 valence electrons. The van der Waals surface area contributed by atoms with Crippen LogP contribution in [0.4, 0.5) is 11.4 Å². The van der Waals surface area contributed by atoms with E-state index in [1.807, 2.05) is 0 Å². The first-order chi connectivity index (χ1) is 13.7. The quantitative estimate of drug-likeness (QED) is 0.392. The number of amides is 2. The van der Waals surface area contributed by atoms with Crippen molar-refractivity contribution >= 4 is 29.2 Å². The summed E-state index contributed by atoms with van der Waals surface area (Å²) in [5.41, 5.74) is -0.304. The molecule has 1 heterocycles. The van der Waals surface area contributed by atoms with Crippen molar-refractivity contribution in [2.45, 2.75) is 32.9 Å². The molecule has 2 rings (SSSR count). The maximum atomic E-state index is 12.5. The van der Waals surface area contributed by atoms with Gasteiger partial charge in [0.15, 0.2) is 11.9 Å². The van der Waals surface area contributed by atoms with Gasteiger partial charge >= 0.3 is 5.97 Å². The smallest absolute Gasteiger partial charge is 0.329 e. The Bertz CT molecular complexity index is 893. The minimum atomic E-state index is -1.25. The van der Waals surface area contributed by atoms with Crippen LogP contribution in [0.5, 0.6) is 0 Å². The molecule has 0 saturated carbocycles. The lowest BCUT2D eigenvalue weighted by Gasteiger charge is -2.22. The molecule has 2 aromatic rings. The number of ether oxygens (including phenoxy) is 1. The van der Waals surface area contributed by atoms with Crippen molar-refractivity contribution in [1.29, 1.82) is 0 Å². The minimum Gasteiger partial charge on any atom is -0.459 e. The van der Waals surface area contributed by atoms with Gasteiger partial charge in [-0.3, -0.25) is 19.7 Å². The highest BCUT2D eigenvalue weighted by Gasteiger charge is 2.30. The summed E-state index contributed by atoms with van der Waals surface area (Å²) in [4.78, 5) is 47.3. The van der Waals surface area contributed by atoms with Crippen LogP contribution in [0.1, 0.15) is 31.3 Å². The molecule has 0 spiro atoms. The number of carbonyl (C=O) groups is 3. The summed E-state index contributed by atoms with van der Waals surface area (Å²) >= 11 is 0. The molecule has 2 amide bonds. The molecule has 0 fully saturated rings. The number of rotatable bonds is 8. The highest BCUT2D eigenvalue weighted by atomic mass is 16.6. The SMILES string of the molecule is CC(C)[C@H](NC(=O)c1ccco1)C(=O)O[C@@H](C)C(=O)Nc1ccccc1[N+](=O)[O-]. The first kappa shape index (κ1) is 21.6. The van der Waals surface area contributed by atoms with Crippen molar-refractivity contribution in [2.75, 3.05) is 5.32 Å². The summed E-state index contributed by atoms with van der Waals surface area (Å²) in [5.74, 6) is -2.45. The third kappa shape index (κ3) is 5.64. The maximum Gasteiger partial charge on any atom is 0.329 e. The molecule has 0 bridgehead atoms. The van der Waals surface area contributed by atoms with Crippen LogP contribution >= 0.6 is 0 Å². The minimum absolute atomic E-state index is 0.0167. The van der Waals surface area contributed by atoms with Crippen molar-refractivity contribution in [3.8, 4) is 0 Å². The lowest BCUT2D eigenvalue weighted by Crippen LogP contribution is -2.47. The van der Waals surface area contributed by atoms with E-state index >= 15 is 0 Å². The normalized spacial score (nSPS) is 12.7. The molecule has 2 atom stereocenters. The molecule has 0 saturated heterocycles. The highest BCUT2D eigenvalue weighted by Crippen LogP contribution is 2.23. The molecule has 0 unspecified atom stereocenters. The van der Waals surface area contributed by atoms with Crippen molar-refractivity contribution in [2.24, 2.45) is 5.92 Å². The van der Waals surface area contributed by atoms with Crippen LogP contribution in [0.15, 0.2) is 47.1 Å². The number of benzene rings is 1. The van der Waals surface area contributed by atoms with E-state index < -0.39 is 34.9 Å². The van der Waals surface area contributed by atoms with Gasteiger partial charge in [0.2, 0.25) is 0 Å². The molecule has 29 heavy (non-hydrogen) atoms. The third-order valence-corrected chi connectivity index (χ3v) is 3.97. The monoisotopic (exact) mass is 403 g/mol. The van der Waals surface area contributed by atoms with Crippen LogP contribution in [0.25, 0.3) is 0 Å². The van der Waals surface area contributed by atoms with E-state index in [9.17, 15) is 24.5 Å². The highest BCUT2D eigenvalue weighted by molar-refractivity contribution is 5.98. The van der Waals surface area contributed by atoms with Crippen LogP contribution < -0.4 is 10.6 Å². The van der Waals surface area contributed by atoms with Crippen molar-refractivity contribution in [1.82, 2.24) is 5.32 Å². The number of nitro benzene ring substituents is 1. The zero-order chi connectivity index (χ0) is 21.6. The van der Waals surface area contributed by atoms with Gasteiger partial charge in [-0.15, -0.1) is 0 Å². The summed E-state index contributed by atoms with van der Waals surface area (Å²) < 4.78 is 10.1. The third-order valence-electron chi connectivity index (χ3n) is 3.97. The zero-order valence-electron chi connectivity index (χ0n) is 16.1. The number of nitro groups is 1. The Labute approximate surface area is 166 Å². The van der Waals surface area contributed by atoms with Gasteiger partial charge < -0.3 is 19.8 Å². The molecule has 1 aromatic carbocycles. The van der Waals surface area contributed by atoms with Crippen LogP contribution in [0.2, 0.25) is 0 Å². The molecule has 10 nitrogen and oxygen atoms in total.